The average molecular weight is 279 g/mol. The molecule has 0 radical (unpaired) electrons. The first-order chi connectivity index (χ1) is 9.67. The topological polar surface area (TPSA) is 63.7 Å². The number of aromatic nitrogens is 1. The molecule has 0 aromatic carbocycles. The molecule has 0 saturated carbocycles. The molecule has 1 aliphatic rings. The predicted molar refractivity (Wildman–Crippen MR) is 76.2 cm³/mol. The Morgan fingerprint density at radius 2 is 2.40 bits per heavy atom. The molecule has 1 fully saturated rings. The Balaban J connectivity index is 2.32. The molecule has 2 rings (SSSR count). The zero-order valence-corrected chi connectivity index (χ0v) is 12.2. The lowest BCUT2D eigenvalue weighted by Crippen LogP contribution is -2.55. The van der Waals surface area contributed by atoms with Crippen LogP contribution in [0.5, 0.6) is 5.75 Å². The molecule has 0 amide bonds. The number of piperazine rings is 1. The van der Waals surface area contributed by atoms with Crippen LogP contribution in [0.1, 0.15) is 12.6 Å². The molecule has 20 heavy (non-hydrogen) atoms. The Morgan fingerprint density at radius 3 is 3.10 bits per heavy atom. The van der Waals surface area contributed by atoms with Gasteiger partial charge in [-0.3, -0.25) is 4.98 Å². The lowest BCUT2D eigenvalue weighted by molar-refractivity contribution is -0.144. The lowest BCUT2D eigenvalue weighted by Gasteiger charge is -2.36. The number of esters is 1. The van der Waals surface area contributed by atoms with E-state index in [1.807, 2.05) is 24.8 Å². The molecule has 1 N–H and O–H groups in total. The van der Waals surface area contributed by atoms with Gasteiger partial charge in [0.05, 0.1) is 25.6 Å². The summed E-state index contributed by atoms with van der Waals surface area (Å²) >= 11 is 0. The molecular weight excluding hydrogens is 258 g/mol. The number of rotatable bonds is 4. The summed E-state index contributed by atoms with van der Waals surface area (Å²) in [7, 11) is 1.61. The van der Waals surface area contributed by atoms with Gasteiger partial charge >= 0.3 is 5.97 Å². The number of aryl methyl sites for hydroxylation is 1. The Morgan fingerprint density at radius 1 is 1.60 bits per heavy atom. The predicted octanol–water partition coefficient (Wildman–Crippen LogP) is 0.740. The normalized spacial score (nSPS) is 18.8. The molecule has 0 spiro atoms. The van der Waals surface area contributed by atoms with Crippen LogP contribution in [-0.2, 0) is 9.53 Å². The highest BCUT2D eigenvalue weighted by atomic mass is 16.5. The van der Waals surface area contributed by atoms with E-state index in [0.29, 0.717) is 18.9 Å². The van der Waals surface area contributed by atoms with Gasteiger partial charge in [-0.2, -0.15) is 0 Å². The first-order valence-corrected chi connectivity index (χ1v) is 6.82. The van der Waals surface area contributed by atoms with Crippen LogP contribution in [0.25, 0.3) is 0 Å². The third kappa shape index (κ3) is 3.01. The van der Waals surface area contributed by atoms with E-state index in [4.69, 9.17) is 9.47 Å². The lowest BCUT2D eigenvalue weighted by atomic mass is 10.1. The number of carbonyl (C=O) groups is 1. The second kappa shape index (κ2) is 6.56. The molecule has 2 heterocycles. The molecule has 1 aromatic heterocycles. The minimum absolute atomic E-state index is 0.212. The zero-order chi connectivity index (χ0) is 14.5. The maximum Gasteiger partial charge on any atom is 0.330 e. The molecule has 6 heteroatoms. The molecular formula is C14H21N3O3. The van der Waals surface area contributed by atoms with Gasteiger partial charge in [0.2, 0.25) is 0 Å². The second-order valence-electron chi connectivity index (χ2n) is 4.66. The van der Waals surface area contributed by atoms with Crippen molar-refractivity contribution >= 4 is 11.7 Å². The van der Waals surface area contributed by atoms with Gasteiger partial charge < -0.3 is 19.7 Å². The molecule has 1 unspecified atom stereocenters. The van der Waals surface area contributed by atoms with Crippen LogP contribution in [-0.4, -0.2) is 50.3 Å². The van der Waals surface area contributed by atoms with Gasteiger partial charge in [0, 0.05) is 25.3 Å². The van der Waals surface area contributed by atoms with Crippen molar-refractivity contribution in [3.8, 4) is 5.75 Å². The van der Waals surface area contributed by atoms with Crippen LogP contribution in [0.3, 0.4) is 0 Å². The van der Waals surface area contributed by atoms with Gasteiger partial charge in [0.15, 0.2) is 5.75 Å². The van der Waals surface area contributed by atoms with E-state index in [1.54, 1.807) is 13.3 Å². The highest BCUT2D eigenvalue weighted by Gasteiger charge is 2.31. The number of anilines is 1. The standard InChI is InChI=1S/C14H21N3O3/c1-4-20-14(18)12-8-15-5-6-17(12)11-7-10(2)16-9-13(11)19-3/h7,9,12,15H,4-6,8H2,1-3H3. The minimum atomic E-state index is -0.334. The van der Waals surface area contributed by atoms with Crippen molar-refractivity contribution in [2.45, 2.75) is 19.9 Å². The van der Waals surface area contributed by atoms with Gasteiger partial charge in [0.1, 0.15) is 6.04 Å². The number of nitrogens with zero attached hydrogens (tertiary/aromatic N) is 2. The van der Waals surface area contributed by atoms with Gasteiger partial charge in [-0.1, -0.05) is 0 Å². The van der Waals surface area contributed by atoms with E-state index >= 15 is 0 Å². The minimum Gasteiger partial charge on any atom is -0.493 e. The third-order valence-electron chi connectivity index (χ3n) is 3.31. The number of methoxy groups -OCH3 is 1. The molecule has 0 aliphatic carbocycles. The Labute approximate surface area is 119 Å². The average Bonchev–Trinajstić information content (AvgIpc) is 2.47. The van der Waals surface area contributed by atoms with Crippen molar-refractivity contribution in [1.29, 1.82) is 0 Å². The zero-order valence-electron chi connectivity index (χ0n) is 12.2. The van der Waals surface area contributed by atoms with Crippen molar-refractivity contribution in [3.05, 3.63) is 18.0 Å². The number of pyridine rings is 1. The molecule has 0 bridgehead atoms. The quantitative estimate of drug-likeness (QED) is 0.820. The number of nitrogens with one attached hydrogen (secondary N) is 1. The van der Waals surface area contributed by atoms with Crippen LogP contribution in [0, 0.1) is 6.92 Å². The number of ether oxygens (including phenoxy) is 2. The van der Waals surface area contributed by atoms with Crippen LogP contribution in [0.15, 0.2) is 12.3 Å². The maximum absolute atomic E-state index is 12.1. The second-order valence-corrected chi connectivity index (χ2v) is 4.66. The fraction of sp³-hybridized carbons (Fsp3) is 0.571. The number of carbonyl (C=O) groups excluding carboxylic acids is 1. The third-order valence-corrected chi connectivity index (χ3v) is 3.31. The largest absolute Gasteiger partial charge is 0.493 e. The summed E-state index contributed by atoms with van der Waals surface area (Å²) in [6.45, 7) is 6.24. The number of hydrogen-bond donors (Lipinski definition) is 1. The molecule has 1 saturated heterocycles. The SMILES string of the molecule is CCOC(=O)C1CNCCN1c1cc(C)ncc1OC. The van der Waals surface area contributed by atoms with Crippen molar-refractivity contribution in [2.24, 2.45) is 0 Å². The van der Waals surface area contributed by atoms with Crippen molar-refractivity contribution in [2.75, 3.05) is 38.3 Å². The van der Waals surface area contributed by atoms with E-state index in [1.165, 1.54) is 0 Å². The Kier molecular flexibility index (Phi) is 4.79. The van der Waals surface area contributed by atoms with Crippen LogP contribution in [0.2, 0.25) is 0 Å². The van der Waals surface area contributed by atoms with E-state index in [0.717, 1.165) is 24.5 Å². The number of hydrogen-bond acceptors (Lipinski definition) is 6. The summed E-state index contributed by atoms with van der Waals surface area (Å²) in [5.41, 5.74) is 1.78. The van der Waals surface area contributed by atoms with Gasteiger partial charge in [0.25, 0.3) is 0 Å². The summed E-state index contributed by atoms with van der Waals surface area (Å²) in [6, 6.07) is 1.61. The first kappa shape index (κ1) is 14.6. The van der Waals surface area contributed by atoms with E-state index in [9.17, 15) is 4.79 Å². The van der Waals surface area contributed by atoms with E-state index < -0.39 is 0 Å². The fourth-order valence-electron chi connectivity index (χ4n) is 2.36. The highest BCUT2D eigenvalue weighted by molar-refractivity contribution is 5.81. The van der Waals surface area contributed by atoms with Crippen LogP contribution >= 0.6 is 0 Å². The molecule has 1 aliphatic heterocycles. The fourth-order valence-corrected chi connectivity index (χ4v) is 2.36. The molecule has 1 atom stereocenters. The summed E-state index contributed by atoms with van der Waals surface area (Å²) in [5, 5.41) is 3.23. The first-order valence-electron chi connectivity index (χ1n) is 6.82. The highest BCUT2D eigenvalue weighted by Crippen LogP contribution is 2.30. The van der Waals surface area contributed by atoms with E-state index in [-0.39, 0.29) is 12.0 Å². The maximum atomic E-state index is 12.1. The van der Waals surface area contributed by atoms with Crippen LogP contribution < -0.4 is 15.0 Å². The molecule has 6 nitrogen and oxygen atoms in total. The molecule has 110 valence electrons. The van der Waals surface area contributed by atoms with Gasteiger partial charge in [-0.05, 0) is 19.9 Å². The Hall–Kier alpha value is -1.82. The summed E-state index contributed by atoms with van der Waals surface area (Å²) in [6.07, 6.45) is 1.69. The van der Waals surface area contributed by atoms with Crippen molar-refractivity contribution in [1.82, 2.24) is 10.3 Å². The van der Waals surface area contributed by atoms with Crippen LogP contribution in [0.4, 0.5) is 5.69 Å². The summed E-state index contributed by atoms with van der Waals surface area (Å²) in [4.78, 5) is 18.4. The van der Waals surface area contributed by atoms with E-state index in [2.05, 4.69) is 10.3 Å². The van der Waals surface area contributed by atoms with Gasteiger partial charge in [-0.15, -0.1) is 0 Å². The van der Waals surface area contributed by atoms with Crippen molar-refractivity contribution in [3.63, 3.8) is 0 Å². The van der Waals surface area contributed by atoms with Gasteiger partial charge in [-0.25, -0.2) is 4.79 Å². The smallest absolute Gasteiger partial charge is 0.330 e. The summed E-state index contributed by atoms with van der Waals surface area (Å²) < 4.78 is 10.5. The monoisotopic (exact) mass is 279 g/mol. The Bertz CT molecular complexity index is 479. The van der Waals surface area contributed by atoms with Crippen molar-refractivity contribution < 1.29 is 14.3 Å². The molecule has 1 aromatic rings. The summed E-state index contributed by atoms with van der Waals surface area (Å²) in [5.74, 6) is 0.461.